The fraction of sp³-hybridized carbons (Fsp3) is 0.562. The summed E-state index contributed by atoms with van der Waals surface area (Å²) in [5.74, 6) is -0.319. The molecule has 120 valence electrons. The first-order valence-electron chi connectivity index (χ1n) is 7.66. The van der Waals surface area contributed by atoms with Crippen LogP contribution in [-0.2, 0) is 17.4 Å². The summed E-state index contributed by atoms with van der Waals surface area (Å²) in [7, 11) is 0. The highest BCUT2D eigenvalue weighted by Gasteiger charge is 2.41. The quantitative estimate of drug-likeness (QED) is 0.910. The van der Waals surface area contributed by atoms with Crippen LogP contribution < -0.4 is 10.2 Å². The van der Waals surface area contributed by atoms with Gasteiger partial charge in [0.2, 0.25) is 5.91 Å². The molecule has 0 saturated carbocycles. The third kappa shape index (κ3) is 2.55. The van der Waals surface area contributed by atoms with Gasteiger partial charge in [0, 0.05) is 24.8 Å². The summed E-state index contributed by atoms with van der Waals surface area (Å²) in [4.78, 5) is 14.4. The number of fused-ring (bicyclic) bond motifs is 3. The average molecular weight is 312 g/mol. The maximum absolute atomic E-state index is 12.9. The van der Waals surface area contributed by atoms with E-state index >= 15 is 0 Å². The largest absolute Gasteiger partial charge is 0.416 e. The lowest BCUT2D eigenvalue weighted by atomic mass is 9.84. The van der Waals surface area contributed by atoms with Crippen molar-refractivity contribution < 1.29 is 18.0 Å². The number of halogens is 3. The minimum Gasteiger partial charge on any atom is -0.368 e. The van der Waals surface area contributed by atoms with Gasteiger partial charge in [0.05, 0.1) is 11.5 Å². The molecule has 2 heterocycles. The zero-order valence-electron chi connectivity index (χ0n) is 12.4. The first-order chi connectivity index (χ1) is 10.4. The van der Waals surface area contributed by atoms with Gasteiger partial charge in [-0.05, 0) is 49.9 Å². The van der Waals surface area contributed by atoms with Gasteiger partial charge in [0.15, 0.2) is 0 Å². The maximum Gasteiger partial charge on any atom is 0.416 e. The van der Waals surface area contributed by atoms with Crippen LogP contribution in [-0.4, -0.2) is 25.0 Å². The normalized spacial score (nSPS) is 23.9. The van der Waals surface area contributed by atoms with E-state index in [-0.39, 0.29) is 17.9 Å². The summed E-state index contributed by atoms with van der Waals surface area (Å²) in [5.41, 5.74) is 0.846. The number of alkyl halides is 3. The van der Waals surface area contributed by atoms with Crippen LogP contribution in [0.1, 0.15) is 30.9 Å². The van der Waals surface area contributed by atoms with E-state index in [1.165, 1.54) is 6.07 Å². The van der Waals surface area contributed by atoms with Crippen molar-refractivity contribution >= 4 is 11.6 Å². The lowest BCUT2D eigenvalue weighted by Gasteiger charge is -2.39. The summed E-state index contributed by atoms with van der Waals surface area (Å²) in [6.45, 7) is 3.19. The molecule has 22 heavy (non-hydrogen) atoms. The lowest BCUT2D eigenvalue weighted by Crippen LogP contribution is -2.48. The predicted octanol–water partition coefficient (Wildman–Crippen LogP) is 2.98. The number of benzene rings is 1. The second-order valence-corrected chi connectivity index (χ2v) is 5.95. The van der Waals surface area contributed by atoms with E-state index in [4.69, 9.17) is 0 Å². The van der Waals surface area contributed by atoms with Crippen molar-refractivity contribution in [2.24, 2.45) is 5.92 Å². The Hall–Kier alpha value is -1.72. The molecule has 3 rings (SSSR count). The Bertz CT molecular complexity index is 585. The highest BCUT2D eigenvalue weighted by Crippen LogP contribution is 2.41. The van der Waals surface area contributed by atoms with Gasteiger partial charge in [-0.25, -0.2) is 0 Å². The molecule has 1 fully saturated rings. The summed E-state index contributed by atoms with van der Waals surface area (Å²) in [5, 5.41) is 2.82. The minimum absolute atomic E-state index is 0.0533. The van der Waals surface area contributed by atoms with E-state index in [9.17, 15) is 18.0 Å². The van der Waals surface area contributed by atoms with Gasteiger partial charge in [0.25, 0.3) is 0 Å². The van der Waals surface area contributed by atoms with Crippen molar-refractivity contribution in [3.05, 3.63) is 29.3 Å². The first-order valence-corrected chi connectivity index (χ1v) is 7.66. The van der Waals surface area contributed by atoms with Crippen molar-refractivity contribution in [3.8, 4) is 0 Å². The second kappa shape index (κ2) is 5.48. The Kier molecular flexibility index (Phi) is 3.78. The molecule has 1 saturated heterocycles. The molecule has 1 N–H and O–H groups in total. The van der Waals surface area contributed by atoms with Crippen LogP contribution in [0.15, 0.2) is 18.2 Å². The van der Waals surface area contributed by atoms with Crippen molar-refractivity contribution in [3.63, 3.8) is 0 Å². The van der Waals surface area contributed by atoms with Crippen LogP contribution in [0.2, 0.25) is 0 Å². The summed E-state index contributed by atoms with van der Waals surface area (Å²) < 4.78 is 38.7. The number of nitrogens with one attached hydrogen (secondary N) is 1. The summed E-state index contributed by atoms with van der Waals surface area (Å²) >= 11 is 0. The molecule has 6 heteroatoms. The molecule has 0 radical (unpaired) electrons. The van der Waals surface area contributed by atoms with Crippen LogP contribution in [0.3, 0.4) is 0 Å². The maximum atomic E-state index is 12.9. The van der Waals surface area contributed by atoms with E-state index in [0.29, 0.717) is 18.5 Å². The number of hydrogen-bond acceptors (Lipinski definition) is 2. The molecular formula is C16H19F3N2O. The molecule has 2 atom stereocenters. The Labute approximate surface area is 127 Å². The molecule has 1 amide bonds. The fourth-order valence-electron chi connectivity index (χ4n) is 3.66. The van der Waals surface area contributed by atoms with Gasteiger partial charge >= 0.3 is 6.18 Å². The highest BCUT2D eigenvalue weighted by atomic mass is 19.4. The number of rotatable bonds is 2. The van der Waals surface area contributed by atoms with Gasteiger partial charge in [-0.3, -0.25) is 4.79 Å². The Morgan fingerprint density at radius 1 is 1.41 bits per heavy atom. The molecule has 1 aromatic carbocycles. The average Bonchev–Trinajstić information content (AvgIpc) is 2.94. The van der Waals surface area contributed by atoms with E-state index < -0.39 is 11.7 Å². The fourth-order valence-corrected chi connectivity index (χ4v) is 3.66. The molecule has 0 aromatic heterocycles. The van der Waals surface area contributed by atoms with Crippen LogP contribution in [0.25, 0.3) is 0 Å². The van der Waals surface area contributed by atoms with E-state index in [2.05, 4.69) is 10.2 Å². The number of hydrogen-bond donors (Lipinski definition) is 1. The summed E-state index contributed by atoms with van der Waals surface area (Å²) in [6, 6.07) is 4.01. The van der Waals surface area contributed by atoms with E-state index in [0.717, 1.165) is 31.1 Å². The smallest absolute Gasteiger partial charge is 0.368 e. The molecule has 2 aliphatic heterocycles. The number of carbonyl (C=O) groups excluding carboxylic acids is 1. The van der Waals surface area contributed by atoms with Crippen molar-refractivity contribution in [1.82, 2.24) is 5.32 Å². The van der Waals surface area contributed by atoms with Crippen LogP contribution in [0, 0.1) is 5.92 Å². The molecule has 1 aromatic rings. The first kappa shape index (κ1) is 15.2. The topological polar surface area (TPSA) is 32.3 Å². The Morgan fingerprint density at radius 2 is 2.18 bits per heavy atom. The van der Waals surface area contributed by atoms with Crippen LogP contribution in [0.4, 0.5) is 18.9 Å². The van der Waals surface area contributed by atoms with Crippen LogP contribution in [0.5, 0.6) is 0 Å². The van der Waals surface area contributed by atoms with Gasteiger partial charge < -0.3 is 10.2 Å². The van der Waals surface area contributed by atoms with E-state index in [1.54, 1.807) is 6.07 Å². The van der Waals surface area contributed by atoms with E-state index in [1.807, 2.05) is 6.92 Å². The Morgan fingerprint density at radius 3 is 2.86 bits per heavy atom. The minimum atomic E-state index is -4.35. The third-order valence-corrected chi connectivity index (χ3v) is 4.61. The SMILES string of the molecule is CCNC(=O)C1Cc2cc(C(F)(F)F)ccc2N2CCCC12. The molecule has 0 aliphatic carbocycles. The molecule has 0 spiro atoms. The number of anilines is 1. The van der Waals surface area contributed by atoms with Crippen molar-refractivity contribution in [2.75, 3.05) is 18.0 Å². The Balaban J connectivity index is 1.98. The number of carbonyl (C=O) groups is 1. The van der Waals surface area contributed by atoms with Gasteiger partial charge in [-0.1, -0.05) is 0 Å². The summed E-state index contributed by atoms with van der Waals surface area (Å²) in [6.07, 6.45) is -2.08. The van der Waals surface area contributed by atoms with Gasteiger partial charge in [0.1, 0.15) is 0 Å². The monoisotopic (exact) mass is 312 g/mol. The van der Waals surface area contributed by atoms with Gasteiger partial charge in [-0.15, -0.1) is 0 Å². The number of amides is 1. The third-order valence-electron chi connectivity index (χ3n) is 4.61. The molecule has 2 aliphatic rings. The standard InChI is InChI=1S/C16H19F3N2O/c1-2-20-15(22)12-9-10-8-11(16(17,18)19)5-6-13(10)21-7-3-4-14(12)21/h5-6,8,12,14H,2-4,7,9H2,1H3,(H,20,22). The zero-order valence-corrected chi connectivity index (χ0v) is 12.4. The lowest BCUT2D eigenvalue weighted by molar-refractivity contribution is -0.137. The number of nitrogens with zero attached hydrogens (tertiary/aromatic N) is 1. The van der Waals surface area contributed by atoms with Gasteiger partial charge in [-0.2, -0.15) is 13.2 Å². The molecular weight excluding hydrogens is 293 g/mol. The molecule has 3 nitrogen and oxygen atoms in total. The van der Waals surface area contributed by atoms with Crippen molar-refractivity contribution in [2.45, 2.75) is 38.4 Å². The molecule has 2 unspecified atom stereocenters. The van der Waals surface area contributed by atoms with Crippen molar-refractivity contribution in [1.29, 1.82) is 0 Å². The predicted molar refractivity (Wildman–Crippen MR) is 77.7 cm³/mol. The second-order valence-electron chi connectivity index (χ2n) is 5.95. The highest BCUT2D eigenvalue weighted by molar-refractivity contribution is 5.82. The molecule has 0 bridgehead atoms. The zero-order chi connectivity index (χ0) is 15.9. The van der Waals surface area contributed by atoms with Crippen LogP contribution >= 0.6 is 0 Å².